The molecule has 1 aromatic rings. The van der Waals surface area contributed by atoms with Crippen molar-refractivity contribution in [3.05, 3.63) is 35.9 Å². The molecule has 1 atom stereocenters. The zero-order valence-electron chi connectivity index (χ0n) is 13.4. The average Bonchev–Trinajstić information content (AvgIpc) is 2.45. The van der Waals surface area contributed by atoms with Gasteiger partial charge in [0.1, 0.15) is 0 Å². The van der Waals surface area contributed by atoms with Gasteiger partial charge in [0.2, 0.25) is 0 Å². The van der Waals surface area contributed by atoms with E-state index in [0.717, 1.165) is 12.5 Å². The van der Waals surface area contributed by atoms with E-state index in [4.69, 9.17) is 0 Å². The second kappa shape index (κ2) is 11.2. The van der Waals surface area contributed by atoms with Crippen LogP contribution in [0.15, 0.2) is 30.3 Å². The van der Waals surface area contributed by atoms with Gasteiger partial charge in [-0.3, -0.25) is 0 Å². The normalized spacial score (nSPS) is 12.8. The van der Waals surface area contributed by atoms with E-state index >= 15 is 0 Å². The lowest BCUT2D eigenvalue weighted by Crippen LogP contribution is -2.23. The van der Waals surface area contributed by atoms with Crippen molar-refractivity contribution >= 4 is 11.8 Å². The van der Waals surface area contributed by atoms with Crippen molar-refractivity contribution in [2.45, 2.75) is 52.0 Å². The van der Waals surface area contributed by atoms with Gasteiger partial charge in [-0.15, -0.1) is 0 Å². The van der Waals surface area contributed by atoms with Gasteiger partial charge >= 0.3 is 0 Å². The van der Waals surface area contributed by atoms with Gasteiger partial charge < -0.3 is 5.32 Å². The highest BCUT2D eigenvalue weighted by Crippen LogP contribution is 2.21. The van der Waals surface area contributed by atoms with Crippen LogP contribution in [0.25, 0.3) is 0 Å². The lowest BCUT2D eigenvalue weighted by molar-refractivity contribution is 0.423. The third-order valence-electron chi connectivity index (χ3n) is 3.58. The van der Waals surface area contributed by atoms with Crippen LogP contribution >= 0.6 is 11.8 Å². The maximum Gasteiger partial charge on any atom is 0.0322 e. The van der Waals surface area contributed by atoms with Gasteiger partial charge in [-0.1, -0.05) is 57.0 Å². The molecule has 0 aromatic heterocycles. The Balaban J connectivity index is 2.28. The number of nitrogens with one attached hydrogen (secondary N) is 1. The SMILES string of the molecule is CSCCCCCCNC(CC(C)C)c1ccccc1. The highest BCUT2D eigenvalue weighted by molar-refractivity contribution is 7.98. The summed E-state index contributed by atoms with van der Waals surface area (Å²) in [5, 5.41) is 3.75. The van der Waals surface area contributed by atoms with Crippen molar-refractivity contribution in [3.63, 3.8) is 0 Å². The van der Waals surface area contributed by atoms with Gasteiger partial charge in [-0.05, 0) is 49.3 Å². The molecule has 0 fully saturated rings. The zero-order valence-corrected chi connectivity index (χ0v) is 14.2. The number of thioether (sulfide) groups is 1. The monoisotopic (exact) mass is 293 g/mol. The van der Waals surface area contributed by atoms with Gasteiger partial charge in [0.15, 0.2) is 0 Å². The maximum atomic E-state index is 3.75. The molecule has 0 spiro atoms. The van der Waals surface area contributed by atoms with E-state index in [1.165, 1.54) is 43.4 Å². The molecule has 0 amide bonds. The molecule has 0 heterocycles. The summed E-state index contributed by atoms with van der Waals surface area (Å²) in [4.78, 5) is 0. The van der Waals surface area contributed by atoms with E-state index in [1.54, 1.807) is 0 Å². The van der Waals surface area contributed by atoms with Crippen LogP contribution in [0.1, 0.15) is 57.6 Å². The summed E-state index contributed by atoms with van der Waals surface area (Å²) in [5.41, 5.74) is 1.43. The molecule has 0 saturated heterocycles. The Kier molecular flexibility index (Phi) is 9.86. The first-order valence-electron chi connectivity index (χ1n) is 8.01. The van der Waals surface area contributed by atoms with Crippen molar-refractivity contribution in [3.8, 4) is 0 Å². The molecule has 0 aliphatic rings. The largest absolute Gasteiger partial charge is 0.310 e. The van der Waals surface area contributed by atoms with E-state index in [-0.39, 0.29) is 0 Å². The van der Waals surface area contributed by atoms with Crippen LogP contribution in [0.3, 0.4) is 0 Å². The van der Waals surface area contributed by atoms with Crippen molar-refractivity contribution in [2.75, 3.05) is 18.6 Å². The molecule has 0 aliphatic carbocycles. The maximum absolute atomic E-state index is 3.75. The summed E-state index contributed by atoms with van der Waals surface area (Å²) in [6.07, 6.45) is 8.82. The second-order valence-corrected chi connectivity index (χ2v) is 6.94. The lowest BCUT2D eigenvalue weighted by Gasteiger charge is -2.21. The fraction of sp³-hybridized carbons (Fsp3) is 0.667. The molecule has 0 aliphatic heterocycles. The van der Waals surface area contributed by atoms with Crippen LogP contribution in [0.5, 0.6) is 0 Å². The topological polar surface area (TPSA) is 12.0 Å². The molecule has 2 heteroatoms. The summed E-state index contributed by atoms with van der Waals surface area (Å²) < 4.78 is 0. The molecule has 1 rings (SSSR count). The number of hydrogen-bond acceptors (Lipinski definition) is 2. The number of benzene rings is 1. The fourth-order valence-corrected chi connectivity index (χ4v) is 2.99. The van der Waals surface area contributed by atoms with Crippen molar-refractivity contribution in [2.24, 2.45) is 5.92 Å². The quantitative estimate of drug-likeness (QED) is 0.557. The fourth-order valence-electron chi connectivity index (χ4n) is 2.50. The molecule has 1 nitrogen and oxygen atoms in total. The molecule has 1 aromatic carbocycles. The first kappa shape index (κ1) is 17.6. The number of rotatable bonds is 11. The molecule has 0 saturated carbocycles. The molecule has 1 N–H and O–H groups in total. The highest BCUT2D eigenvalue weighted by Gasteiger charge is 2.11. The Hall–Kier alpha value is -0.470. The minimum Gasteiger partial charge on any atom is -0.310 e. The van der Waals surface area contributed by atoms with E-state index in [0.29, 0.717) is 6.04 Å². The molecular weight excluding hydrogens is 262 g/mol. The van der Waals surface area contributed by atoms with Crippen LogP contribution in [0.2, 0.25) is 0 Å². The van der Waals surface area contributed by atoms with Gasteiger partial charge in [0.25, 0.3) is 0 Å². The zero-order chi connectivity index (χ0) is 14.6. The van der Waals surface area contributed by atoms with Crippen LogP contribution in [-0.2, 0) is 0 Å². The minimum absolute atomic E-state index is 0.516. The number of unbranched alkanes of at least 4 members (excludes halogenated alkanes) is 3. The predicted molar refractivity (Wildman–Crippen MR) is 93.5 cm³/mol. The third kappa shape index (κ3) is 7.96. The Morgan fingerprint density at radius 1 is 1.00 bits per heavy atom. The summed E-state index contributed by atoms with van der Waals surface area (Å²) >= 11 is 1.96. The molecule has 114 valence electrons. The number of hydrogen-bond donors (Lipinski definition) is 1. The summed E-state index contributed by atoms with van der Waals surface area (Å²) in [5.74, 6) is 2.04. The minimum atomic E-state index is 0.516. The highest BCUT2D eigenvalue weighted by atomic mass is 32.2. The van der Waals surface area contributed by atoms with E-state index < -0.39 is 0 Å². The first-order chi connectivity index (χ1) is 9.74. The van der Waals surface area contributed by atoms with E-state index in [2.05, 4.69) is 55.8 Å². The van der Waals surface area contributed by atoms with Gasteiger partial charge in [-0.25, -0.2) is 0 Å². The van der Waals surface area contributed by atoms with Gasteiger partial charge in [0, 0.05) is 6.04 Å². The van der Waals surface area contributed by atoms with Gasteiger partial charge in [-0.2, -0.15) is 11.8 Å². The predicted octanol–water partition coefficient (Wildman–Crippen LogP) is 5.29. The third-order valence-corrected chi connectivity index (χ3v) is 4.27. The summed E-state index contributed by atoms with van der Waals surface area (Å²) in [6, 6.07) is 11.4. The summed E-state index contributed by atoms with van der Waals surface area (Å²) in [7, 11) is 0. The average molecular weight is 294 g/mol. The van der Waals surface area contributed by atoms with Crippen molar-refractivity contribution in [1.29, 1.82) is 0 Å². The molecule has 0 radical (unpaired) electrons. The summed E-state index contributed by atoms with van der Waals surface area (Å²) in [6.45, 7) is 5.76. The Bertz CT molecular complexity index is 323. The Morgan fingerprint density at radius 2 is 1.70 bits per heavy atom. The second-order valence-electron chi connectivity index (χ2n) is 5.95. The first-order valence-corrected chi connectivity index (χ1v) is 9.40. The van der Waals surface area contributed by atoms with Crippen LogP contribution in [-0.4, -0.2) is 18.6 Å². The lowest BCUT2D eigenvalue weighted by atomic mass is 9.97. The smallest absolute Gasteiger partial charge is 0.0322 e. The van der Waals surface area contributed by atoms with Crippen LogP contribution < -0.4 is 5.32 Å². The van der Waals surface area contributed by atoms with E-state index in [9.17, 15) is 0 Å². The van der Waals surface area contributed by atoms with Crippen LogP contribution in [0.4, 0.5) is 0 Å². The molecule has 1 unspecified atom stereocenters. The van der Waals surface area contributed by atoms with E-state index in [1.807, 2.05) is 11.8 Å². The van der Waals surface area contributed by atoms with Crippen molar-refractivity contribution < 1.29 is 0 Å². The molecular formula is C18H31NS. The Morgan fingerprint density at radius 3 is 2.35 bits per heavy atom. The standard InChI is InChI=1S/C18H31NS/c1-16(2)15-18(17-11-7-6-8-12-17)19-13-9-4-5-10-14-20-3/h6-8,11-12,16,18-19H,4-5,9-10,13-15H2,1-3H3. The van der Waals surface area contributed by atoms with Gasteiger partial charge in [0.05, 0.1) is 0 Å². The van der Waals surface area contributed by atoms with Crippen LogP contribution in [0, 0.1) is 5.92 Å². The molecule has 0 bridgehead atoms. The van der Waals surface area contributed by atoms with Crippen molar-refractivity contribution in [1.82, 2.24) is 5.32 Å². The molecule has 20 heavy (non-hydrogen) atoms. The Labute approximate surface area is 129 Å².